The van der Waals surface area contributed by atoms with E-state index in [-0.39, 0.29) is 12.1 Å². The molecule has 0 radical (unpaired) electrons. The molecule has 0 atom stereocenters. The average molecular weight is 225 g/mol. The van der Waals surface area contributed by atoms with E-state index in [1.165, 1.54) is 13.2 Å². The number of hydrogen-bond donors (Lipinski definition) is 0. The van der Waals surface area contributed by atoms with Crippen molar-refractivity contribution in [1.82, 2.24) is 9.78 Å². The Balaban J connectivity index is 2.92. The molecule has 0 aliphatic rings. The van der Waals surface area contributed by atoms with Crippen LogP contribution in [-0.2, 0) is 16.1 Å². The van der Waals surface area contributed by atoms with E-state index in [1.807, 2.05) is 18.9 Å². The number of aromatic nitrogens is 2. The van der Waals surface area contributed by atoms with Gasteiger partial charge >= 0.3 is 5.97 Å². The summed E-state index contributed by atoms with van der Waals surface area (Å²) in [5.74, 6) is -0.494. The van der Waals surface area contributed by atoms with E-state index in [2.05, 4.69) is 9.84 Å². The van der Waals surface area contributed by atoms with Gasteiger partial charge in [-0.25, -0.2) is 4.68 Å². The summed E-state index contributed by atoms with van der Waals surface area (Å²) in [6.45, 7) is 2.59. The number of nitrogens with zero attached hydrogens (tertiary/aromatic N) is 3. The minimum Gasteiger partial charge on any atom is -0.468 e. The number of esters is 1. The quantitative estimate of drug-likeness (QED) is 0.668. The van der Waals surface area contributed by atoms with Gasteiger partial charge in [-0.15, -0.1) is 0 Å². The van der Waals surface area contributed by atoms with Crippen LogP contribution in [0.4, 0.5) is 5.69 Å². The van der Waals surface area contributed by atoms with Crippen LogP contribution in [0, 0.1) is 0 Å². The van der Waals surface area contributed by atoms with Crippen LogP contribution in [0.1, 0.15) is 6.92 Å². The van der Waals surface area contributed by atoms with E-state index < -0.39 is 5.97 Å². The third-order valence-electron chi connectivity index (χ3n) is 2.28. The molecule has 6 nitrogen and oxygen atoms in total. The first-order chi connectivity index (χ1) is 7.58. The lowest BCUT2D eigenvalue weighted by Gasteiger charge is -2.15. The molecule has 1 rings (SSSR count). The largest absolute Gasteiger partial charge is 0.468 e. The van der Waals surface area contributed by atoms with E-state index in [0.717, 1.165) is 16.9 Å². The van der Waals surface area contributed by atoms with E-state index in [9.17, 15) is 9.59 Å². The summed E-state index contributed by atoms with van der Waals surface area (Å²) in [5.41, 5.74) is 0.414. The minimum absolute atomic E-state index is 0.161. The molecule has 1 heterocycles. The first-order valence-electron chi connectivity index (χ1n) is 4.93. The molecule has 0 bridgehead atoms. The number of methoxy groups -OCH3 is 1. The van der Waals surface area contributed by atoms with Crippen LogP contribution >= 0.6 is 0 Å². The van der Waals surface area contributed by atoms with Crippen molar-refractivity contribution in [2.24, 2.45) is 0 Å². The fraction of sp³-hybridized carbons (Fsp3) is 0.500. The van der Waals surface area contributed by atoms with Gasteiger partial charge in [0.05, 0.1) is 19.0 Å². The molecule has 0 aliphatic heterocycles. The van der Waals surface area contributed by atoms with Crippen molar-refractivity contribution in [3.05, 3.63) is 22.6 Å². The maximum atomic E-state index is 11.6. The summed E-state index contributed by atoms with van der Waals surface area (Å²) >= 11 is 0. The highest BCUT2D eigenvalue weighted by atomic mass is 16.5. The molecule has 16 heavy (non-hydrogen) atoms. The Hall–Kier alpha value is -1.85. The predicted molar refractivity (Wildman–Crippen MR) is 59.5 cm³/mol. The standard InChI is InChI=1S/C10H15N3O3/c1-4-12(2)8-5-9(14)13(11-6-8)7-10(15)16-3/h5-6H,4,7H2,1-3H3. The molecule has 0 aliphatic carbocycles. The van der Waals surface area contributed by atoms with Gasteiger partial charge in [-0.1, -0.05) is 0 Å². The van der Waals surface area contributed by atoms with Crippen LogP contribution in [0.15, 0.2) is 17.1 Å². The van der Waals surface area contributed by atoms with Crippen LogP contribution in [-0.4, -0.2) is 36.5 Å². The van der Waals surface area contributed by atoms with Gasteiger partial charge in [0.25, 0.3) is 5.56 Å². The van der Waals surface area contributed by atoms with Crippen LogP contribution in [0.2, 0.25) is 0 Å². The lowest BCUT2D eigenvalue weighted by Crippen LogP contribution is -2.28. The van der Waals surface area contributed by atoms with Gasteiger partial charge in [-0.2, -0.15) is 5.10 Å². The minimum atomic E-state index is -0.494. The maximum Gasteiger partial charge on any atom is 0.327 e. The normalized spacial score (nSPS) is 9.94. The van der Waals surface area contributed by atoms with Gasteiger partial charge in [0.2, 0.25) is 0 Å². The van der Waals surface area contributed by atoms with E-state index >= 15 is 0 Å². The summed E-state index contributed by atoms with van der Waals surface area (Å²) in [5, 5.41) is 3.90. The molecule has 0 fully saturated rings. The summed E-state index contributed by atoms with van der Waals surface area (Å²) in [4.78, 5) is 24.4. The Kier molecular flexibility index (Phi) is 4.04. The summed E-state index contributed by atoms with van der Waals surface area (Å²) in [6, 6.07) is 1.44. The number of carbonyl (C=O) groups is 1. The number of rotatable bonds is 4. The Labute approximate surface area is 93.4 Å². The average Bonchev–Trinajstić information content (AvgIpc) is 2.30. The van der Waals surface area contributed by atoms with E-state index in [4.69, 9.17) is 0 Å². The Bertz CT molecular complexity index is 428. The molecule has 0 N–H and O–H groups in total. The molecule has 0 unspecified atom stereocenters. The van der Waals surface area contributed by atoms with Crippen LogP contribution in [0.25, 0.3) is 0 Å². The fourth-order valence-electron chi connectivity index (χ4n) is 1.12. The molecular weight excluding hydrogens is 210 g/mol. The van der Waals surface area contributed by atoms with Crippen molar-refractivity contribution in [3.8, 4) is 0 Å². The van der Waals surface area contributed by atoms with Gasteiger partial charge in [0.15, 0.2) is 0 Å². The summed E-state index contributed by atoms with van der Waals surface area (Å²) in [6.07, 6.45) is 1.55. The third-order valence-corrected chi connectivity index (χ3v) is 2.28. The molecule has 0 spiro atoms. The zero-order chi connectivity index (χ0) is 12.1. The van der Waals surface area contributed by atoms with Gasteiger partial charge in [0.1, 0.15) is 6.54 Å². The van der Waals surface area contributed by atoms with Crippen LogP contribution < -0.4 is 10.5 Å². The molecule has 0 saturated heterocycles. The maximum absolute atomic E-state index is 11.6. The Morgan fingerprint density at radius 1 is 1.62 bits per heavy atom. The molecule has 1 aromatic rings. The van der Waals surface area contributed by atoms with Gasteiger partial charge in [-0.3, -0.25) is 9.59 Å². The number of carbonyl (C=O) groups excluding carboxylic acids is 1. The third kappa shape index (κ3) is 2.82. The fourth-order valence-corrected chi connectivity index (χ4v) is 1.12. The smallest absolute Gasteiger partial charge is 0.327 e. The van der Waals surface area contributed by atoms with E-state index in [1.54, 1.807) is 6.20 Å². The second-order valence-electron chi connectivity index (χ2n) is 3.30. The summed E-state index contributed by atoms with van der Waals surface area (Å²) in [7, 11) is 3.13. The zero-order valence-corrected chi connectivity index (χ0v) is 9.64. The van der Waals surface area contributed by atoms with Crippen molar-refractivity contribution in [2.75, 3.05) is 25.6 Å². The van der Waals surface area contributed by atoms with Crippen LogP contribution in [0.5, 0.6) is 0 Å². The highest BCUT2D eigenvalue weighted by molar-refractivity contribution is 5.68. The van der Waals surface area contributed by atoms with Gasteiger partial charge in [-0.05, 0) is 6.92 Å². The van der Waals surface area contributed by atoms with Crippen molar-refractivity contribution in [1.29, 1.82) is 0 Å². The van der Waals surface area contributed by atoms with Gasteiger partial charge < -0.3 is 9.64 Å². The molecule has 88 valence electrons. The topological polar surface area (TPSA) is 64.4 Å². The lowest BCUT2D eigenvalue weighted by molar-refractivity contribution is -0.141. The second-order valence-corrected chi connectivity index (χ2v) is 3.30. The second kappa shape index (κ2) is 5.29. The van der Waals surface area contributed by atoms with E-state index in [0.29, 0.717) is 0 Å². The van der Waals surface area contributed by atoms with Crippen molar-refractivity contribution in [3.63, 3.8) is 0 Å². The monoisotopic (exact) mass is 225 g/mol. The van der Waals surface area contributed by atoms with Crippen LogP contribution in [0.3, 0.4) is 0 Å². The molecule has 0 aromatic carbocycles. The zero-order valence-electron chi connectivity index (χ0n) is 9.64. The molecule has 6 heteroatoms. The summed E-state index contributed by atoms with van der Waals surface area (Å²) < 4.78 is 5.53. The predicted octanol–water partition coefficient (Wildman–Crippen LogP) is -0.128. The molecule has 0 amide bonds. The number of ether oxygens (including phenoxy) is 1. The highest BCUT2D eigenvalue weighted by Crippen LogP contribution is 2.05. The first-order valence-corrected chi connectivity index (χ1v) is 4.93. The molecule has 0 saturated carbocycles. The number of hydrogen-bond acceptors (Lipinski definition) is 5. The molecule has 1 aromatic heterocycles. The SMILES string of the molecule is CCN(C)c1cnn(CC(=O)OC)c(=O)c1. The van der Waals surface area contributed by atoms with Crippen molar-refractivity contribution in [2.45, 2.75) is 13.5 Å². The Morgan fingerprint density at radius 2 is 2.31 bits per heavy atom. The first kappa shape index (κ1) is 12.2. The highest BCUT2D eigenvalue weighted by Gasteiger charge is 2.07. The van der Waals surface area contributed by atoms with Crippen molar-refractivity contribution < 1.29 is 9.53 Å². The number of anilines is 1. The van der Waals surface area contributed by atoms with Crippen molar-refractivity contribution >= 4 is 11.7 Å². The lowest BCUT2D eigenvalue weighted by atomic mass is 10.4. The Morgan fingerprint density at radius 3 is 2.81 bits per heavy atom. The molecular formula is C10H15N3O3. The van der Waals surface area contributed by atoms with Gasteiger partial charge in [0, 0.05) is 19.7 Å².